The van der Waals surface area contributed by atoms with Gasteiger partial charge in [0.15, 0.2) is 0 Å². The van der Waals surface area contributed by atoms with Crippen LogP contribution in [-0.2, 0) is 16.1 Å². The molecule has 0 unspecified atom stereocenters. The second-order valence-electron chi connectivity index (χ2n) is 6.09. The number of hydrogen-bond donors (Lipinski definition) is 0. The van der Waals surface area contributed by atoms with Gasteiger partial charge < -0.3 is 14.4 Å². The lowest BCUT2D eigenvalue weighted by molar-refractivity contribution is -0.0893. The van der Waals surface area contributed by atoms with Crippen molar-refractivity contribution >= 4 is 5.91 Å². The molecule has 5 nitrogen and oxygen atoms in total. The minimum absolute atomic E-state index is 0.102. The number of fused-ring (bicyclic) bond motifs is 1. The van der Waals surface area contributed by atoms with E-state index in [-0.39, 0.29) is 12.0 Å². The Labute approximate surface area is 131 Å². The topological polar surface area (TPSA) is 42.0 Å². The molecule has 1 aromatic carbocycles. The molecule has 0 aromatic heterocycles. The molecule has 1 amide bonds. The average molecular weight is 304 g/mol. The van der Waals surface area contributed by atoms with E-state index in [0.29, 0.717) is 12.6 Å². The predicted octanol–water partition coefficient (Wildman–Crippen LogP) is 1.38. The molecule has 1 aromatic rings. The third kappa shape index (κ3) is 3.02. The van der Waals surface area contributed by atoms with Crippen LogP contribution >= 0.6 is 0 Å². The molecule has 0 N–H and O–H groups in total. The van der Waals surface area contributed by atoms with Gasteiger partial charge in [-0.15, -0.1) is 0 Å². The van der Waals surface area contributed by atoms with E-state index in [0.717, 1.165) is 43.8 Å². The van der Waals surface area contributed by atoms with Crippen molar-refractivity contribution in [1.82, 2.24) is 9.80 Å². The van der Waals surface area contributed by atoms with Crippen LogP contribution in [-0.4, -0.2) is 68.3 Å². The van der Waals surface area contributed by atoms with Crippen LogP contribution in [0.5, 0.6) is 0 Å². The van der Waals surface area contributed by atoms with Gasteiger partial charge in [-0.25, -0.2) is 0 Å². The number of ether oxygens (including phenoxy) is 2. The normalized spacial score (nSPS) is 25.8. The lowest BCUT2D eigenvalue weighted by Gasteiger charge is -2.45. The van der Waals surface area contributed by atoms with E-state index in [4.69, 9.17) is 9.47 Å². The van der Waals surface area contributed by atoms with Crippen molar-refractivity contribution in [3.63, 3.8) is 0 Å². The molecule has 0 spiro atoms. The Kier molecular flexibility index (Phi) is 4.76. The van der Waals surface area contributed by atoms with Crippen LogP contribution in [0.1, 0.15) is 22.3 Å². The second kappa shape index (κ2) is 6.77. The first-order valence-electron chi connectivity index (χ1n) is 7.88. The van der Waals surface area contributed by atoms with Gasteiger partial charge in [-0.3, -0.25) is 9.69 Å². The Morgan fingerprint density at radius 2 is 2.18 bits per heavy atom. The van der Waals surface area contributed by atoms with Gasteiger partial charge >= 0.3 is 0 Å². The van der Waals surface area contributed by atoms with Gasteiger partial charge in [-0.2, -0.15) is 0 Å². The standard InChI is InChI=1S/C17H24N2O3/c1-18-9-10-22-16-7-8-19(11-15(16)18)17(20)14-6-4-3-5-13(14)12-21-2/h3-6,15-16H,7-12H2,1-2H3/t15-,16-/m0/s1. The highest BCUT2D eigenvalue weighted by molar-refractivity contribution is 5.95. The Hall–Kier alpha value is -1.43. The molecular weight excluding hydrogens is 280 g/mol. The Morgan fingerprint density at radius 3 is 3.00 bits per heavy atom. The zero-order valence-corrected chi connectivity index (χ0v) is 13.3. The monoisotopic (exact) mass is 304 g/mol. The lowest BCUT2D eigenvalue weighted by Crippen LogP contribution is -2.59. The van der Waals surface area contributed by atoms with Crippen LogP contribution in [0.25, 0.3) is 0 Å². The number of carbonyl (C=O) groups is 1. The number of piperidine rings is 1. The molecule has 0 aliphatic carbocycles. The zero-order valence-electron chi connectivity index (χ0n) is 13.3. The Bertz CT molecular complexity index is 534. The summed E-state index contributed by atoms with van der Waals surface area (Å²) in [6.45, 7) is 3.69. The van der Waals surface area contributed by atoms with E-state index in [1.54, 1.807) is 7.11 Å². The highest BCUT2D eigenvalue weighted by Gasteiger charge is 2.37. The van der Waals surface area contributed by atoms with Crippen molar-refractivity contribution < 1.29 is 14.3 Å². The first kappa shape index (κ1) is 15.5. The maximum atomic E-state index is 12.9. The number of morpholine rings is 1. The van der Waals surface area contributed by atoms with E-state index in [9.17, 15) is 4.79 Å². The summed E-state index contributed by atoms with van der Waals surface area (Å²) in [6.07, 6.45) is 1.17. The number of hydrogen-bond acceptors (Lipinski definition) is 4. The van der Waals surface area contributed by atoms with E-state index in [2.05, 4.69) is 11.9 Å². The van der Waals surface area contributed by atoms with Crippen molar-refractivity contribution in [1.29, 1.82) is 0 Å². The Morgan fingerprint density at radius 1 is 1.36 bits per heavy atom. The molecule has 2 aliphatic rings. The quantitative estimate of drug-likeness (QED) is 0.846. The largest absolute Gasteiger partial charge is 0.380 e. The number of amides is 1. The van der Waals surface area contributed by atoms with Crippen LogP contribution in [0.2, 0.25) is 0 Å². The number of likely N-dealkylation sites (N-methyl/N-ethyl adjacent to an activating group) is 1. The molecule has 2 aliphatic heterocycles. The fraction of sp³-hybridized carbons (Fsp3) is 0.588. The summed E-state index contributed by atoms with van der Waals surface area (Å²) in [5, 5.41) is 0. The van der Waals surface area contributed by atoms with Crippen molar-refractivity contribution in [3.8, 4) is 0 Å². The molecule has 2 fully saturated rings. The molecule has 2 saturated heterocycles. The molecule has 5 heteroatoms. The van der Waals surface area contributed by atoms with Crippen molar-refractivity contribution in [2.24, 2.45) is 0 Å². The van der Waals surface area contributed by atoms with Crippen LogP contribution in [0, 0.1) is 0 Å². The summed E-state index contributed by atoms with van der Waals surface area (Å²) < 4.78 is 11.1. The highest BCUT2D eigenvalue weighted by Crippen LogP contribution is 2.24. The van der Waals surface area contributed by atoms with Crippen molar-refractivity contribution in [2.45, 2.75) is 25.2 Å². The van der Waals surface area contributed by atoms with Gasteiger partial charge in [-0.05, 0) is 25.1 Å². The zero-order chi connectivity index (χ0) is 15.5. The van der Waals surface area contributed by atoms with Crippen molar-refractivity contribution in [3.05, 3.63) is 35.4 Å². The average Bonchev–Trinajstić information content (AvgIpc) is 2.55. The molecule has 22 heavy (non-hydrogen) atoms. The van der Waals surface area contributed by atoms with Gasteiger partial charge in [0.1, 0.15) is 0 Å². The van der Waals surface area contributed by atoms with Crippen LogP contribution in [0.4, 0.5) is 0 Å². The first-order valence-corrected chi connectivity index (χ1v) is 7.88. The van der Waals surface area contributed by atoms with E-state index < -0.39 is 0 Å². The number of carbonyl (C=O) groups excluding carboxylic acids is 1. The Balaban J connectivity index is 1.75. The molecule has 0 radical (unpaired) electrons. The summed E-state index contributed by atoms with van der Waals surface area (Å²) in [6, 6.07) is 8.01. The number of rotatable bonds is 3. The van der Waals surface area contributed by atoms with Crippen molar-refractivity contribution in [2.75, 3.05) is 40.4 Å². The number of likely N-dealkylation sites (tertiary alicyclic amines) is 1. The molecule has 2 atom stereocenters. The maximum Gasteiger partial charge on any atom is 0.254 e. The third-order valence-corrected chi connectivity index (χ3v) is 4.70. The lowest BCUT2D eigenvalue weighted by atomic mass is 9.97. The molecular formula is C17H24N2O3. The first-order chi connectivity index (χ1) is 10.7. The van der Waals surface area contributed by atoms with Gasteiger partial charge in [0.05, 0.1) is 25.4 Å². The van der Waals surface area contributed by atoms with E-state index in [1.165, 1.54) is 0 Å². The molecule has 0 saturated carbocycles. The molecule has 3 rings (SSSR count). The minimum atomic E-state index is 0.102. The summed E-state index contributed by atoms with van der Waals surface area (Å²) in [5.74, 6) is 0.102. The third-order valence-electron chi connectivity index (χ3n) is 4.70. The fourth-order valence-corrected chi connectivity index (χ4v) is 3.41. The maximum absolute atomic E-state index is 12.9. The van der Waals surface area contributed by atoms with Gasteiger partial charge in [-0.1, -0.05) is 18.2 Å². The summed E-state index contributed by atoms with van der Waals surface area (Å²) in [7, 11) is 3.77. The highest BCUT2D eigenvalue weighted by atomic mass is 16.5. The van der Waals surface area contributed by atoms with Gasteiger partial charge in [0.25, 0.3) is 5.91 Å². The van der Waals surface area contributed by atoms with Gasteiger partial charge in [0, 0.05) is 32.3 Å². The SMILES string of the molecule is COCc1ccccc1C(=O)N1CC[C@@H]2OCCN(C)[C@H]2C1. The molecule has 2 heterocycles. The summed E-state index contributed by atoms with van der Waals surface area (Å²) >= 11 is 0. The minimum Gasteiger partial charge on any atom is -0.380 e. The van der Waals surface area contributed by atoms with Crippen LogP contribution in [0.15, 0.2) is 24.3 Å². The summed E-state index contributed by atoms with van der Waals surface area (Å²) in [4.78, 5) is 17.2. The number of methoxy groups -OCH3 is 1. The van der Waals surface area contributed by atoms with Crippen LogP contribution in [0.3, 0.4) is 0 Å². The van der Waals surface area contributed by atoms with Crippen LogP contribution < -0.4 is 0 Å². The molecule has 120 valence electrons. The van der Waals surface area contributed by atoms with Gasteiger partial charge in [0.2, 0.25) is 0 Å². The predicted molar refractivity (Wildman–Crippen MR) is 83.8 cm³/mol. The smallest absolute Gasteiger partial charge is 0.254 e. The van der Waals surface area contributed by atoms with E-state index in [1.807, 2.05) is 29.2 Å². The fourth-order valence-electron chi connectivity index (χ4n) is 3.41. The van der Waals surface area contributed by atoms with E-state index >= 15 is 0 Å². The summed E-state index contributed by atoms with van der Waals surface area (Å²) in [5.41, 5.74) is 1.70. The number of nitrogens with zero attached hydrogens (tertiary/aromatic N) is 2. The molecule has 0 bridgehead atoms. The number of benzene rings is 1. The second-order valence-corrected chi connectivity index (χ2v) is 6.09.